The number of rotatable bonds is 6. The summed E-state index contributed by atoms with van der Waals surface area (Å²) in [5.41, 5.74) is 0.565. The van der Waals surface area contributed by atoms with Crippen LogP contribution in [0.2, 0.25) is 0 Å². The summed E-state index contributed by atoms with van der Waals surface area (Å²) in [7, 11) is 1.79. The van der Waals surface area contributed by atoms with E-state index in [1.54, 1.807) is 7.11 Å². The third-order valence-corrected chi connectivity index (χ3v) is 4.07. The standard InChI is InChI=1S/C14H29NO/c1-13(2,16-4)10-11-15-12-14(3)8-6-5-7-9-14/h15H,5-12H2,1-4H3. The number of hydrogen-bond acceptors (Lipinski definition) is 2. The van der Waals surface area contributed by atoms with E-state index in [4.69, 9.17) is 4.74 Å². The molecule has 1 aliphatic rings. The molecule has 16 heavy (non-hydrogen) atoms. The van der Waals surface area contributed by atoms with E-state index < -0.39 is 0 Å². The summed E-state index contributed by atoms with van der Waals surface area (Å²) >= 11 is 0. The minimum atomic E-state index is 0.0144. The Morgan fingerprint density at radius 3 is 2.38 bits per heavy atom. The van der Waals surface area contributed by atoms with E-state index in [1.165, 1.54) is 38.6 Å². The molecule has 0 aromatic heterocycles. The van der Waals surface area contributed by atoms with E-state index in [0.717, 1.165) is 13.0 Å². The van der Waals surface area contributed by atoms with Crippen molar-refractivity contribution in [2.75, 3.05) is 20.2 Å². The zero-order valence-electron chi connectivity index (χ0n) is 11.6. The van der Waals surface area contributed by atoms with Gasteiger partial charge in [0.2, 0.25) is 0 Å². The molecule has 2 nitrogen and oxygen atoms in total. The number of ether oxygens (including phenoxy) is 1. The number of methoxy groups -OCH3 is 1. The normalized spacial score (nSPS) is 21.0. The maximum Gasteiger partial charge on any atom is 0.0634 e. The van der Waals surface area contributed by atoms with Crippen molar-refractivity contribution >= 4 is 0 Å². The maximum atomic E-state index is 5.41. The summed E-state index contributed by atoms with van der Waals surface area (Å²) in [5, 5.41) is 3.61. The first-order valence-corrected chi connectivity index (χ1v) is 6.73. The van der Waals surface area contributed by atoms with E-state index in [9.17, 15) is 0 Å². The van der Waals surface area contributed by atoms with E-state index in [0.29, 0.717) is 5.41 Å². The van der Waals surface area contributed by atoms with Crippen molar-refractivity contribution in [1.29, 1.82) is 0 Å². The van der Waals surface area contributed by atoms with Gasteiger partial charge in [0.15, 0.2) is 0 Å². The van der Waals surface area contributed by atoms with E-state index >= 15 is 0 Å². The van der Waals surface area contributed by atoms with Gasteiger partial charge in [-0.15, -0.1) is 0 Å². The second kappa shape index (κ2) is 6.02. The van der Waals surface area contributed by atoms with Gasteiger partial charge in [0.25, 0.3) is 0 Å². The third kappa shape index (κ3) is 4.84. The Labute approximate surface area is 101 Å². The molecule has 0 aromatic carbocycles. The van der Waals surface area contributed by atoms with Crippen molar-refractivity contribution in [3.8, 4) is 0 Å². The van der Waals surface area contributed by atoms with Gasteiger partial charge in [-0.3, -0.25) is 0 Å². The van der Waals surface area contributed by atoms with Crippen molar-refractivity contribution in [2.24, 2.45) is 5.41 Å². The lowest BCUT2D eigenvalue weighted by atomic mass is 9.76. The van der Waals surface area contributed by atoms with Crippen LogP contribution < -0.4 is 5.32 Å². The molecule has 0 aromatic rings. The molecular formula is C14H29NO. The smallest absolute Gasteiger partial charge is 0.0634 e. The fourth-order valence-corrected chi connectivity index (χ4v) is 2.46. The molecule has 1 N–H and O–H groups in total. The Kier molecular flexibility index (Phi) is 5.26. The third-order valence-electron chi connectivity index (χ3n) is 4.07. The van der Waals surface area contributed by atoms with Gasteiger partial charge in [0, 0.05) is 13.7 Å². The molecule has 0 unspecified atom stereocenters. The molecule has 0 atom stereocenters. The molecule has 2 heteroatoms. The monoisotopic (exact) mass is 227 g/mol. The predicted molar refractivity (Wildman–Crippen MR) is 69.8 cm³/mol. The summed E-state index contributed by atoms with van der Waals surface area (Å²) in [6, 6.07) is 0. The van der Waals surface area contributed by atoms with Gasteiger partial charge in [0.05, 0.1) is 5.60 Å². The Morgan fingerprint density at radius 2 is 1.81 bits per heavy atom. The topological polar surface area (TPSA) is 21.3 Å². The van der Waals surface area contributed by atoms with Gasteiger partial charge in [-0.2, -0.15) is 0 Å². The predicted octanol–water partition coefficient (Wildman–Crippen LogP) is 3.36. The van der Waals surface area contributed by atoms with Crippen LogP contribution in [0.15, 0.2) is 0 Å². The average Bonchev–Trinajstić information content (AvgIpc) is 2.26. The summed E-state index contributed by atoms with van der Waals surface area (Å²) in [6.07, 6.45) is 8.15. The van der Waals surface area contributed by atoms with E-state index in [1.807, 2.05) is 0 Å². The summed E-state index contributed by atoms with van der Waals surface area (Å²) < 4.78 is 5.41. The van der Waals surface area contributed by atoms with Gasteiger partial charge < -0.3 is 10.1 Å². The minimum Gasteiger partial charge on any atom is -0.379 e. The Bertz CT molecular complexity index is 195. The summed E-state index contributed by atoms with van der Waals surface area (Å²) in [4.78, 5) is 0. The highest BCUT2D eigenvalue weighted by molar-refractivity contribution is 4.81. The van der Waals surface area contributed by atoms with Crippen LogP contribution in [0.3, 0.4) is 0 Å². The van der Waals surface area contributed by atoms with Crippen molar-refractivity contribution in [3.05, 3.63) is 0 Å². The zero-order valence-corrected chi connectivity index (χ0v) is 11.6. The van der Waals surface area contributed by atoms with Crippen LogP contribution in [0.5, 0.6) is 0 Å². The maximum absolute atomic E-state index is 5.41. The number of nitrogens with one attached hydrogen (secondary N) is 1. The molecule has 1 rings (SSSR count). The van der Waals surface area contributed by atoms with Crippen molar-refractivity contribution in [3.63, 3.8) is 0 Å². The van der Waals surface area contributed by atoms with Crippen LogP contribution in [0, 0.1) is 5.41 Å². The quantitative estimate of drug-likeness (QED) is 0.703. The Balaban J connectivity index is 2.15. The first-order chi connectivity index (χ1) is 7.47. The first-order valence-electron chi connectivity index (χ1n) is 6.73. The Morgan fingerprint density at radius 1 is 1.19 bits per heavy atom. The largest absolute Gasteiger partial charge is 0.379 e. The molecular weight excluding hydrogens is 198 g/mol. The highest BCUT2D eigenvalue weighted by atomic mass is 16.5. The van der Waals surface area contributed by atoms with E-state index in [2.05, 4.69) is 26.1 Å². The van der Waals surface area contributed by atoms with Crippen LogP contribution >= 0.6 is 0 Å². The lowest BCUT2D eigenvalue weighted by Crippen LogP contribution is -2.36. The summed E-state index contributed by atoms with van der Waals surface area (Å²) in [5.74, 6) is 0. The molecule has 0 bridgehead atoms. The van der Waals surface area contributed by atoms with Crippen LogP contribution in [-0.4, -0.2) is 25.8 Å². The van der Waals surface area contributed by atoms with Crippen LogP contribution in [0.25, 0.3) is 0 Å². The molecule has 0 saturated heterocycles. The van der Waals surface area contributed by atoms with E-state index in [-0.39, 0.29) is 5.60 Å². The fraction of sp³-hybridized carbons (Fsp3) is 1.00. The van der Waals surface area contributed by atoms with Crippen molar-refractivity contribution < 1.29 is 4.74 Å². The minimum absolute atomic E-state index is 0.0144. The second-order valence-corrected chi connectivity index (χ2v) is 6.26. The molecule has 0 spiro atoms. The molecule has 0 heterocycles. The molecule has 96 valence electrons. The van der Waals surface area contributed by atoms with Gasteiger partial charge in [0.1, 0.15) is 0 Å². The molecule has 1 aliphatic carbocycles. The number of hydrogen-bond donors (Lipinski definition) is 1. The van der Waals surface area contributed by atoms with Crippen molar-refractivity contribution in [2.45, 2.75) is 64.9 Å². The van der Waals surface area contributed by atoms with Gasteiger partial charge in [-0.05, 0) is 45.1 Å². The van der Waals surface area contributed by atoms with Crippen molar-refractivity contribution in [1.82, 2.24) is 5.32 Å². The van der Waals surface area contributed by atoms with Gasteiger partial charge in [-0.25, -0.2) is 0 Å². The van der Waals surface area contributed by atoms with Gasteiger partial charge >= 0.3 is 0 Å². The van der Waals surface area contributed by atoms with Crippen LogP contribution in [0.1, 0.15) is 59.3 Å². The zero-order chi connectivity index (χ0) is 12.1. The summed E-state index contributed by atoms with van der Waals surface area (Å²) in [6.45, 7) is 8.97. The highest BCUT2D eigenvalue weighted by Crippen LogP contribution is 2.34. The fourth-order valence-electron chi connectivity index (χ4n) is 2.46. The second-order valence-electron chi connectivity index (χ2n) is 6.26. The molecule has 0 amide bonds. The SMILES string of the molecule is COC(C)(C)CCNCC1(C)CCCCC1. The lowest BCUT2D eigenvalue weighted by Gasteiger charge is -2.34. The van der Waals surface area contributed by atoms with Crippen LogP contribution in [0.4, 0.5) is 0 Å². The Hall–Kier alpha value is -0.0800. The molecule has 1 saturated carbocycles. The average molecular weight is 227 g/mol. The lowest BCUT2D eigenvalue weighted by molar-refractivity contribution is 0.0151. The van der Waals surface area contributed by atoms with Gasteiger partial charge in [-0.1, -0.05) is 26.2 Å². The highest BCUT2D eigenvalue weighted by Gasteiger charge is 2.26. The first kappa shape index (κ1) is 14.0. The molecule has 0 aliphatic heterocycles. The molecule has 0 radical (unpaired) electrons. The molecule has 1 fully saturated rings. The van der Waals surface area contributed by atoms with Crippen LogP contribution in [-0.2, 0) is 4.74 Å².